The lowest BCUT2D eigenvalue weighted by atomic mass is 10.2. The maximum absolute atomic E-state index is 12.3. The largest absolute Gasteiger partial charge is 0.494 e. The number of nitrogens with zero attached hydrogens (tertiary/aromatic N) is 1. The third-order valence-corrected chi connectivity index (χ3v) is 4.46. The molecule has 1 N–H and O–H groups in total. The van der Waals surface area contributed by atoms with Crippen molar-refractivity contribution in [1.29, 1.82) is 0 Å². The molecule has 0 aromatic heterocycles. The number of carbonyl (C=O) groups excluding carboxylic acids is 2. The van der Waals surface area contributed by atoms with Crippen molar-refractivity contribution in [2.24, 2.45) is 5.10 Å². The van der Waals surface area contributed by atoms with E-state index < -0.39 is 5.97 Å². The van der Waals surface area contributed by atoms with Gasteiger partial charge in [-0.25, -0.2) is 10.2 Å². The van der Waals surface area contributed by atoms with Gasteiger partial charge in [0, 0.05) is 5.56 Å². The highest BCUT2D eigenvalue weighted by molar-refractivity contribution is 5.95. The Morgan fingerprint density at radius 3 is 1.97 bits per heavy atom. The smallest absolute Gasteiger partial charge is 0.343 e. The number of rotatable bonds is 10. The molecular formula is C26H26N2O5. The SMILES string of the molecule is CCCOc1ccc(C(=O)NN=Cc2ccc(OC(=O)c3ccc(OCC)cc3)cc2)cc1. The molecule has 0 bridgehead atoms. The fourth-order valence-corrected chi connectivity index (χ4v) is 2.79. The highest BCUT2D eigenvalue weighted by atomic mass is 16.5. The number of benzene rings is 3. The van der Waals surface area contributed by atoms with Crippen LogP contribution in [0, 0.1) is 0 Å². The molecule has 7 heteroatoms. The average molecular weight is 447 g/mol. The highest BCUT2D eigenvalue weighted by Gasteiger charge is 2.09. The minimum atomic E-state index is -0.460. The predicted octanol–water partition coefficient (Wildman–Crippen LogP) is 4.86. The number of ether oxygens (including phenoxy) is 3. The van der Waals surface area contributed by atoms with Crippen LogP contribution in [0.1, 0.15) is 46.5 Å². The van der Waals surface area contributed by atoms with Gasteiger partial charge in [-0.2, -0.15) is 5.10 Å². The molecule has 0 aliphatic heterocycles. The van der Waals surface area contributed by atoms with E-state index in [1.54, 1.807) is 72.8 Å². The summed E-state index contributed by atoms with van der Waals surface area (Å²) in [6.45, 7) is 5.12. The summed E-state index contributed by atoms with van der Waals surface area (Å²) >= 11 is 0. The van der Waals surface area contributed by atoms with Crippen molar-refractivity contribution < 1.29 is 23.8 Å². The van der Waals surface area contributed by atoms with E-state index in [0.717, 1.165) is 17.7 Å². The summed E-state index contributed by atoms with van der Waals surface area (Å²) in [7, 11) is 0. The Balaban J connectivity index is 1.50. The van der Waals surface area contributed by atoms with Crippen molar-refractivity contribution in [3.05, 3.63) is 89.5 Å². The number of carbonyl (C=O) groups is 2. The number of amides is 1. The van der Waals surface area contributed by atoms with Gasteiger partial charge in [0.1, 0.15) is 17.2 Å². The fourth-order valence-electron chi connectivity index (χ4n) is 2.79. The standard InChI is InChI=1S/C26H26N2O5/c1-3-17-32-23-13-7-20(8-14-23)25(29)28-27-18-19-5-11-24(12-6-19)33-26(30)21-9-15-22(16-10-21)31-4-2/h5-16,18H,3-4,17H2,1-2H3,(H,28,29). The zero-order valence-corrected chi connectivity index (χ0v) is 18.6. The third-order valence-electron chi connectivity index (χ3n) is 4.46. The van der Waals surface area contributed by atoms with E-state index >= 15 is 0 Å². The third kappa shape index (κ3) is 7.21. The molecule has 0 heterocycles. The van der Waals surface area contributed by atoms with Gasteiger partial charge >= 0.3 is 5.97 Å². The molecule has 0 saturated heterocycles. The monoisotopic (exact) mass is 446 g/mol. The van der Waals surface area contributed by atoms with Crippen LogP contribution < -0.4 is 19.6 Å². The van der Waals surface area contributed by atoms with Crippen molar-refractivity contribution in [2.75, 3.05) is 13.2 Å². The van der Waals surface area contributed by atoms with Crippen LogP contribution >= 0.6 is 0 Å². The van der Waals surface area contributed by atoms with Gasteiger partial charge in [-0.15, -0.1) is 0 Å². The second-order valence-corrected chi connectivity index (χ2v) is 6.99. The Morgan fingerprint density at radius 1 is 0.788 bits per heavy atom. The maximum atomic E-state index is 12.3. The van der Waals surface area contributed by atoms with Crippen LogP contribution in [0.3, 0.4) is 0 Å². The molecule has 170 valence electrons. The first-order chi connectivity index (χ1) is 16.1. The van der Waals surface area contributed by atoms with Crippen LogP contribution in [0.5, 0.6) is 17.2 Å². The molecule has 0 spiro atoms. The molecule has 0 unspecified atom stereocenters. The van der Waals surface area contributed by atoms with Crippen LogP contribution in [0.25, 0.3) is 0 Å². The van der Waals surface area contributed by atoms with Crippen LogP contribution in [-0.2, 0) is 0 Å². The Kier molecular flexibility index (Phi) is 8.59. The molecule has 33 heavy (non-hydrogen) atoms. The molecule has 7 nitrogen and oxygen atoms in total. The van der Waals surface area contributed by atoms with Crippen molar-refractivity contribution >= 4 is 18.1 Å². The van der Waals surface area contributed by atoms with E-state index in [-0.39, 0.29) is 5.91 Å². The first-order valence-electron chi connectivity index (χ1n) is 10.7. The minimum absolute atomic E-state index is 0.325. The molecule has 0 saturated carbocycles. The van der Waals surface area contributed by atoms with Crippen molar-refractivity contribution in [3.63, 3.8) is 0 Å². The predicted molar refractivity (Wildman–Crippen MR) is 126 cm³/mol. The first-order valence-corrected chi connectivity index (χ1v) is 10.7. The number of hydrazone groups is 1. The van der Waals surface area contributed by atoms with Gasteiger partial charge in [0.05, 0.1) is 25.0 Å². The van der Waals surface area contributed by atoms with E-state index in [0.29, 0.717) is 35.8 Å². The lowest BCUT2D eigenvalue weighted by Gasteiger charge is -2.06. The Bertz CT molecular complexity index is 1080. The van der Waals surface area contributed by atoms with E-state index in [1.165, 1.54) is 6.21 Å². The molecule has 1 amide bonds. The number of hydrogen-bond donors (Lipinski definition) is 1. The zero-order chi connectivity index (χ0) is 23.5. The van der Waals surface area contributed by atoms with Crippen molar-refractivity contribution in [2.45, 2.75) is 20.3 Å². The summed E-state index contributed by atoms with van der Waals surface area (Å²) in [5.41, 5.74) is 4.13. The molecular weight excluding hydrogens is 420 g/mol. The molecule has 0 atom stereocenters. The van der Waals surface area contributed by atoms with Gasteiger partial charge in [0.2, 0.25) is 0 Å². The van der Waals surface area contributed by atoms with Gasteiger partial charge in [-0.3, -0.25) is 4.79 Å². The van der Waals surface area contributed by atoms with Gasteiger partial charge in [0.25, 0.3) is 5.91 Å². The minimum Gasteiger partial charge on any atom is -0.494 e. The molecule has 3 aromatic rings. The number of esters is 1. The van der Waals surface area contributed by atoms with Crippen LogP contribution in [0.2, 0.25) is 0 Å². The van der Waals surface area contributed by atoms with E-state index in [9.17, 15) is 9.59 Å². The molecule has 0 aliphatic carbocycles. The molecule has 0 radical (unpaired) electrons. The van der Waals surface area contributed by atoms with E-state index in [1.807, 2.05) is 13.8 Å². The number of hydrogen-bond acceptors (Lipinski definition) is 6. The van der Waals surface area contributed by atoms with Crippen molar-refractivity contribution in [1.82, 2.24) is 5.43 Å². The Morgan fingerprint density at radius 2 is 1.36 bits per heavy atom. The topological polar surface area (TPSA) is 86.2 Å². The fraction of sp³-hybridized carbons (Fsp3) is 0.192. The van der Waals surface area contributed by atoms with Crippen molar-refractivity contribution in [3.8, 4) is 17.2 Å². The molecule has 3 aromatic carbocycles. The number of nitrogens with one attached hydrogen (secondary N) is 1. The second kappa shape index (κ2) is 12.0. The Hall–Kier alpha value is -4.13. The first kappa shape index (κ1) is 23.5. The average Bonchev–Trinajstić information content (AvgIpc) is 2.84. The van der Waals surface area contributed by atoms with Crippen LogP contribution in [0.15, 0.2) is 77.9 Å². The lowest BCUT2D eigenvalue weighted by molar-refractivity contribution is 0.0734. The quantitative estimate of drug-likeness (QED) is 0.208. The van der Waals surface area contributed by atoms with E-state index in [4.69, 9.17) is 14.2 Å². The van der Waals surface area contributed by atoms with Crippen LogP contribution in [0.4, 0.5) is 0 Å². The highest BCUT2D eigenvalue weighted by Crippen LogP contribution is 2.16. The van der Waals surface area contributed by atoms with Crippen LogP contribution in [-0.4, -0.2) is 31.3 Å². The lowest BCUT2D eigenvalue weighted by Crippen LogP contribution is -2.17. The summed E-state index contributed by atoms with van der Waals surface area (Å²) < 4.78 is 16.3. The maximum Gasteiger partial charge on any atom is 0.343 e. The molecule has 0 fully saturated rings. The molecule has 0 aliphatic rings. The summed E-state index contributed by atoms with van der Waals surface area (Å²) in [5.74, 6) is 1.04. The summed E-state index contributed by atoms with van der Waals surface area (Å²) in [6, 6.07) is 20.4. The van der Waals surface area contributed by atoms with Gasteiger partial charge in [-0.05, 0) is 91.7 Å². The summed E-state index contributed by atoms with van der Waals surface area (Å²) in [6.07, 6.45) is 2.43. The summed E-state index contributed by atoms with van der Waals surface area (Å²) in [4.78, 5) is 24.5. The zero-order valence-electron chi connectivity index (χ0n) is 18.6. The molecule has 3 rings (SSSR count). The Labute approximate surface area is 193 Å². The second-order valence-electron chi connectivity index (χ2n) is 6.99. The normalized spacial score (nSPS) is 10.6. The van der Waals surface area contributed by atoms with Gasteiger partial charge in [-0.1, -0.05) is 6.92 Å². The van der Waals surface area contributed by atoms with Gasteiger partial charge in [0.15, 0.2) is 0 Å². The summed E-state index contributed by atoms with van der Waals surface area (Å²) in [5, 5.41) is 3.98. The van der Waals surface area contributed by atoms with E-state index in [2.05, 4.69) is 10.5 Å². The van der Waals surface area contributed by atoms with Gasteiger partial charge < -0.3 is 14.2 Å².